The normalized spacial score (nSPS) is 20.8. The van der Waals surface area contributed by atoms with E-state index in [4.69, 9.17) is 9.84 Å². The molecule has 0 spiro atoms. The van der Waals surface area contributed by atoms with Crippen molar-refractivity contribution < 1.29 is 24.2 Å². The van der Waals surface area contributed by atoms with Gasteiger partial charge in [-0.15, -0.1) is 0 Å². The van der Waals surface area contributed by atoms with Gasteiger partial charge in [-0.2, -0.15) is 0 Å². The molecule has 1 amide bonds. The standard InChI is InChI=1S/C9H13NO5/c1-14-8(12)3-2-7-6-15-9(13)10(7)4-5-11/h2-3,7,11H,4-6H2,1H3/b3-2+/t7-/m0/s1. The number of aliphatic hydroxyl groups excluding tert-OH is 1. The Labute approximate surface area is 87.1 Å². The van der Waals surface area contributed by atoms with Gasteiger partial charge in [-0.25, -0.2) is 9.59 Å². The number of hydrogen-bond acceptors (Lipinski definition) is 5. The van der Waals surface area contributed by atoms with Gasteiger partial charge in [0.05, 0.1) is 19.8 Å². The maximum atomic E-state index is 11.1. The van der Waals surface area contributed by atoms with Crippen LogP contribution in [0.5, 0.6) is 0 Å². The number of amides is 1. The minimum atomic E-state index is -0.488. The van der Waals surface area contributed by atoms with Crippen LogP contribution in [0.2, 0.25) is 0 Å². The second-order valence-electron chi connectivity index (χ2n) is 2.94. The third kappa shape index (κ3) is 2.95. The molecule has 0 radical (unpaired) electrons. The molecule has 1 N–H and O–H groups in total. The van der Waals surface area contributed by atoms with Gasteiger partial charge in [0.25, 0.3) is 0 Å². The molecule has 0 aromatic rings. The molecule has 0 aromatic heterocycles. The summed E-state index contributed by atoms with van der Waals surface area (Å²) in [6.07, 6.45) is 2.27. The van der Waals surface area contributed by atoms with E-state index in [1.54, 1.807) is 0 Å². The first-order valence-electron chi connectivity index (χ1n) is 4.49. The first-order chi connectivity index (χ1) is 7.19. The number of methoxy groups -OCH3 is 1. The van der Waals surface area contributed by atoms with Crippen LogP contribution in [0.4, 0.5) is 4.79 Å². The van der Waals surface area contributed by atoms with Crippen molar-refractivity contribution in [3.8, 4) is 0 Å². The lowest BCUT2D eigenvalue weighted by Crippen LogP contribution is -2.34. The van der Waals surface area contributed by atoms with Crippen LogP contribution in [0.15, 0.2) is 12.2 Å². The summed E-state index contributed by atoms with van der Waals surface area (Å²) in [4.78, 5) is 23.3. The summed E-state index contributed by atoms with van der Waals surface area (Å²) in [5.74, 6) is -0.488. The molecule has 0 unspecified atom stereocenters. The smallest absolute Gasteiger partial charge is 0.410 e. The predicted molar refractivity (Wildman–Crippen MR) is 50.1 cm³/mol. The minimum absolute atomic E-state index is 0.141. The van der Waals surface area contributed by atoms with E-state index in [-0.39, 0.29) is 25.8 Å². The van der Waals surface area contributed by atoms with Gasteiger partial charge in [0, 0.05) is 12.6 Å². The summed E-state index contributed by atoms with van der Waals surface area (Å²) in [5, 5.41) is 8.72. The molecular formula is C9H13NO5. The van der Waals surface area contributed by atoms with Crippen LogP contribution in [0.1, 0.15) is 0 Å². The third-order valence-corrected chi connectivity index (χ3v) is 2.01. The molecule has 1 aliphatic heterocycles. The Bertz CT molecular complexity index is 276. The zero-order valence-corrected chi connectivity index (χ0v) is 8.38. The number of cyclic esters (lactones) is 1. The molecule has 0 aromatic carbocycles. The highest BCUT2D eigenvalue weighted by atomic mass is 16.6. The Balaban J connectivity index is 2.57. The van der Waals surface area contributed by atoms with Gasteiger partial charge in [-0.05, 0) is 0 Å². The number of aliphatic hydroxyl groups is 1. The van der Waals surface area contributed by atoms with Gasteiger partial charge >= 0.3 is 12.1 Å². The number of esters is 1. The molecule has 1 aliphatic rings. The highest BCUT2D eigenvalue weighted by molar-refractivity contribution is 5.82. The number of β-amino-alcohol motifs (C(OH)–C–C–N with tert-alkyl or cyclic N) is 1. The fourth-order valence-corrected chi connectivity index (χ4v) is 1.25. The van der Waals surface area contributed by atoms with E-state index < -0.39 is 12.1 Å². The number of hydrogen-bond donors (Lipinski definition) is 1. The van der Waals surface area contributed by atoms with Crippen molar-refractivity contribution in [3.05, 3.63) is 12.2 Å². The summed E-state index contributed by atoms with van der Waals surface area (Å²) in [6, 6.07) is -0.316. The fourth-order valence-electron chi connectivity index (χ4n) is 1.25. The van der Waals surface area contributed by atoms with E-state index >= 15 is 0 Å². The number of rotatable bonds is 4. The Morgan fingerprint density at radius 3 is 3.13 bits per heavy atom. The second kappa shape index (κ2) is 5.35. The summed E-state index contributed by atoms with van der Waals surface area (Å²) in [7, 11) is 1.27. The van der Waals surface area contributed by atoms with E-state index in [1.807, 2.05) is 0 Å². The lowest BCUT2D eigenvalue weighted by Gasteiger charge is -2.16. The first-order valence-corrected chi connectivity index (χ1v) is 4.49. The molecule has 0 bridgehead atoms. The maximum Gasteiger partial charge on any atom is 0.410 e. The van der Waals surface area contributed by atoms with Gasteiger partial charge < -0.3 is 14.6 Å². The van der Waals surface area contributed by atoms with E-state index in [1.165, 1.54) is 24.2 Å². The van der Waals surface area contributed by atoms with E-state index in [9.17, 15) is 9.59 Å². The van der Waals surface area contributed by atoms with E-state index in [2.05, 4.69) is 4.74 Å². The molecule has 0 aliphatic carbocycles. The lowest BCUT2D eigenvalue weighted by molar-refractivity contribution is -0.134. The predicted octanol–water partition coefficient (Wildman–Crippen LogP) is -0.471. The average molecular weight is 215 g/mol. The van der Waals surface area contributed by atoms with Gasteiger partial charge in [0.2, 0.25) is 0 Å². The Hall–Kier alpha value is -1.56. The van der Waals surface area contributed by atoms with Gasteiger partial charge in [0.15, 0.2) is 0 Å². The number of carbonyl (C=O) groups is 2. The highest BCUT2D eigenvalue weighted by Crippen LogP contribution is 2.12. The minimum Gasteiger partial charge on any atom is -0.466 e. The molecular weight excluding hydrogens is 202 g/mol. The van der Waals surface area contributed by atoms with Crippen molar-refractivity contribution in [1.82, 2.24) is 4.90 Å². The third-order valence-electron chi connectivity index (χ3n) is 2.01. The Morgan fingerprint density at radius 2 is 2.53 bits per heavy atom. The largest absolute Gasteiger partial charge is 0.466 e. The topological polar surface area (TPSA) is 76.1 Å². The monoisotopic (exact) mass is 215 g/mol. The SMILES string of the molecule is COC(=O)/C=C/[C@H]1COC(=O)N1CCO. The lowest BCUT2D eigenvalue weighted by atomic mass is 10.2. The van der Waals surface area contributed by atoms with Crippen molar-refractivity contribution in [1.29, 1.82) is 0 Å². The van der Waals surface area contributed by atoms with E-state index in [0.717, 1.165) is 0 Å². The summed E-state index contributed by atoms with van der Waals surface area (Å²) in [6.45, 7) is 0.235. The Morgan fingerprint density at radius 1 is 1.80 bits per heavy atom. The maximum absolute atomic E-state index is 11.1. The molecule has 84 valence electrons. The van der Waals surface area contributed by atoms with Gasteiger partial charge in [0.1, 0.15) is 6.61 Å². The molecule has 1 atom stereocenters. The summed E-state index contributed by atoms with van der Waals surface area (Å²) < 4.78 is 9.18. The quantitative estimate of drug-likeness (QED) is 0.506. The van der Waals surface area contributed by atoms with Crippen LogP contribution in [-0.2, 0) is 14.3 Å². The van der Waals surface area contributed by atoms with Gasteiger partial charge in [-0.1, -0.05) is 6.08 Å². The zero-order chi connectivity index (χ0) is 11.3. The van der Waals surface area contributed by atoms with Crippen molar-refractivity contribution >= 4 is 12.1 Å². The van der Waals surface area contributed by atoms with Crippen molar-refractivity contribution in [2.75, 3.05) is 26.9 Å². The zero-order valence-electron chi connectivity index (χ0n) is 8.38. The summed E-state index contributed by atoms with van der Waals surface area (Å²) >= 11 is 0. The number of carbonyl (C=O) groups excluding carboxylic acids is 2. The van der Waals surface area contributed by atoms with Crippen molar-refractivity contribution in [2.24, 2.45) is 0 Å². The molecule has 0 saturated carbocycles. The number of ether oxygens (including phenoxy) is 2. The van der Waals surface area contributed by atoms with Gasteiger partial charge in [-0.3, -0.25) is 4.90 Å². The Kier molecular flexibility index (Phi) is 4.11. The molecule has 1 saturated heterocycles. The summed E-state index contributed by atoms with van der Waals surface area (Å²) in [5.41, 5.74) is 0. The number of nitrogens with zero attached hydrogens (tertiary/aromatic N) is 1. The van der Waals surface area contributed by atoms with Crippen LogP contribution in [0.25, 0.3) is 0 Å². The molecule has 6 nitrogen and oxygen atoms in total. The van der Waals surface area contributed by atoms with Crippen LogP contribution >= 0.6 is 0 Å². The van der Waals surface area contributed by atoms with E-state index in [0.29, 0.717) is 0 Å². The first kappa shape index (κ1) is 11.5. The van der Waals surface area contributed by atoms with Crippen molar-refractivity contribution in [2.45, 2.75) is 6.04 Å². The van der Waals surface area contributed by atoms with Crippen LogP contribution in [-0.4, -0.2) is 55.0 Å². The van der Waals surface area contributed by atoms with Crippen LogP contribution in [0, 0.1) is 0 Å². The van der Waals surface area contributed by atoms with Crippen LogP contribution in [0.3, 0.4) is 0 Å². The fraction of sp³-hybridized carbons (Fsp3) is 0.556. The second-order valence-corrected chi connectivity index (χ2v) is 2.94. The average Bonchev–Trinajstić information content (AvgIpc) is 2.58. The molecule has 15 heavy (non-hydrogen) atoms. The molecule has 6 heteroatoms. The highest BCUT2D eigenvalue weighted by Gasteiger charge is 2.30. The van der Waals surface area contributed by atoms with Crippen LogP contribution < -0.4 is 0 Å². The molecule has 1 heterocycles. The van der Waals surface area contributed by atoms with Crippen molar-refractivity contribution in [3.63, 3.8) is 0 Å². The molecule has 1 rings (SSSR count). The molecule has 1 fully saturated rings.